The van der Waals surface area contributed by atoms with Crippen molar-refractivity contribution in [3.8, 4) is 0 Å². The van der Waals surface area contributed by atoms with Crippen LogP contribution in [-0.4, -0.2) is 37.3 Å². The third kappa shape index (κ3) is 5.73. The second-order valence-electron chi connectivity index (χ2n) is 4.87. The lowest BCUT2D eigenvalue weighted by Crippen LogP contribution is -2.33. The van der Waals surface area contributed by atoms with Crippen molar-refractivity contribution in [2.24, 2.45) is 0 Å². The highest BCUT2D eigenvalue weighted by Crippen LogP contribution is 2.26. The van der Waals surface area contributed by atoms with Crippen molar-refractivity contribution >= 4 is 21.6 Å². The zero-order valence-corrected chi connectivity index (χ0v) is 13.3. The topological polar surface area (TPSA) is 35.5 Å². The minimum Gasteiger partial charge on any atom is -0.395 e. The minimum atomic E-state index is -2.44. The Bertz CT molecular complexity index is 416. The number of aliphatic hydroxyl groups excluding tert-OH is 1. The summed E-state index contributed by atoms with van der Waals surface area (Å²) in [6.07, 6.45) is -2.44. The number of hydrogen-bond donors (Lipinski definition) is 2. The summed E-state index contributed by atoms with van der Waals surface area (Å²) in [5.41, 5.74) is 1.66. The van der Waals surface area contributed by atoms with E-state index in [-0.39, 0.29) is 19.7 Å². The summed E-state index contributed by atoms with van der Waals surface area (Å²) in [5.74, 6) is 0. The maximum atomic E-state index is 12.7. The van der Waals surface area contributed by atoms with Crippen LogP contribution < -0.4 is 10.2 Å². The molecule has 0 saturated heterocycles. The van der Waals surface area contributed by atoms with Crippen molar-refractivity contribution in [1.82, 2.24) is 5.32 Å². The van der Waals surface area contributed by atoms with Gasteiger partial charge in [0.15, 0.2) is 0 Å². The van der Waals surface area contributed by atoms with Crippen LogP contribution in [0.25, 0.3) is 0 Å². The SMILES string of the molecule is CC(C)NCc1ccc(Br)cc1N(CCO)CC(F)F. The molecule has 1 aromatic carbocycles. The molecule has 0 atom stereocenters. The van der Waals surface area contributed by atoms with E-state index in [1.165, 1.54) is 4.90 Å². The molecule has 0 radical (unpaired) electrons. The van der Waals surface area contributed by atoms with Gasteiger partial charge in [0.25, 0.3) is 6.43 Å². The quantitative estimate of drug-likeness (QED) is 0.756. The first-order valence-corrected chi connectivity index (χ1v) is 7.39. The number of nitrogens with zero attached hydrogens (tertiary/aromatic N) is 1. The Morgan fingerprint density at radius 3 is 2.60 bits per heavy atom. The van der Waals surface area contributed by atoms with Crippen LogP contribution in [0.5, 0.6) is 0 Å². The van der Waals surface area contributed by atoms with Crippen molar-refractivity contribution in [2.75, 3.05) is 24.6 Å². The van der Waals surface area contributed by atoms with E-state index in [0.29, 0.717) is 12.6 Å². The summed E-state index contributed by atoms with van der Waals surface area (Å²) < 4.78 is 26.2. The monoisotopic (exact) mass is 350 g/mol. The number of halogens is 3. The van der Waals surface area contributed by atoms with E-state index in [2.05, 4.69) is 21.2 Å². The Balaban J connectivity index is 3.00. The fraction of sp³-hybridized carbons (Fsp3) is 0.571. The van der Waals surface area contributed by atoms with Gasteiger partial charge in [0.2, 0.25) is 0 Å². The van der Waals surface area contributed by atoms with E-state index in [4.69, 9.17) is 5.11 Å². The number of nitrogens with one attached hydrogen (secondary N) is 1. The highest BCUT2D eigenvalue weighted by molar-refractivity contribution is 9.10. The van der Waals surface area contributed by atoms with Gasteiger partial charge in [-0.3, -0.25) is 0 Å². The molecule has 0 amide bonds. The normalized spacial score (nSPS) is 11.4. The first kappa shape index (κ1) is 17.3. The average molecular weight is 351 g/mol. The van der Waals surface area contributed by atoms with Gasteiger partial charge in [-0.05, 0) is 17.7 Å². The first-order chi connectivity index (χ1) is 9.43. The van der Waals surface area contributed by atoms with Crippen molar-refractivity contribution in [3.05, 3.63) is 28.2 Å². The molecule has 0 unspecified atom stereocenters. The van der Waals surface area contributed by atoms with Gasteiger partial charge in [0.1, 0.15) is 0 Å². The standard InChI is InChI=1S/C14H21BrF2N2O/c1-10(2)18-8-11-3-4-12(15)7-13(11)19(5-6-20)9-14(16)17/h3-4,7,10,14,18,20H,5-6,8-9H2,1-2H3. The van der Waals surface area contributed by atoms with Gasteiger partial charge >= 0.3 is 0 Å². The number of alkyl halides is 2. The molecule has 0 bridgehead atoms. The average Bonchev–Trinajstić information content (AvgIpc) is 2.36. The molecular formula is C14H21BrF2N2O. The molecule has 6 heteroatoms. The molecule has 0 fully saturated rings. The molecular weight excluding hydrogens is 330 g/mol. The van der Waals surface area contributed by atoms with Gasteiger partial charge in [-0.15, -0.1) is 0 Å². The fourth-order valence-corrected chi connectivity index (χ4v) is 2.24. The summed E-state index contributed by atoms with van der Waals surface area (Å²) in [5, 5.41) is 12.4. The number of aliphatic hydroxyl groups is 1. The van der Waals surface area contributed by atoms with Crippen LogP contribution in [0.2, 0.25) is 0 Å². The van der Waals surface area contributed by atoms with Crippen molar-refractivity contribution < 1.29 is 13.9 Å². The van der Waals surface area contributed by atoms with Crippen LogP contribution in [-0.2, 0) is 6.54 Å². The number of rotatable bonds is 8. The molecule has 20 heavy (non-hydrogen) atoms. The molecule has 3 nitrogen and oxygen atoms in total. The Hall–Kier alpha value is -0.720. The van der Waals surface area contributed by atoms with Crippen LogP contribution in [0.1, 0.15) is 19.4 Å². The predicted molar refractivity (Wildman–Crippen MR) is 81.4 cm³/mol. The van der Waals surface area contributed by atoms with Gasteiger partial charge < -0.3 is 15.3 Å². The highest BCUT2D eigenvalue weighted by Gasteiger charge is 2.16. The molecule has 114 valence electrons. The lowest BCUT2D eigenvalue weighted by Gasteiger charge is -2.27. The Morgan fingerprint density at radius 1 is 1.35 bits per heavy atom. The lowest BCUT2D eigenvalue weighted by atomic mass is 10.1. The number of hydrogen-bond acceptors (Lipinski definition) is 3. The third-order valence-corrected chi connectivity index (χ3v) is 3.31. The fourth-order valence-electron chi connectivity index (χ4n) is 1.89. The highest BCUT2D eigenvalue weighted by atomic mass is 79.9. The molecule has 0 aliphatic carbocycles. The van der Waals surface area contributed by atoms with Gasteiger partial charge in [0, 0.05) is 29.3 Å². The van der Waals surface area contributed by atoms with E-state index in [0.717, 1.165) is 15.7 Å². The zero-order valence-electron chi connectivity index (χ0n) is 11.7. The second kappa shape index (κ2) is 8.54. The largest absolute Gasteiger partial charge is 0.395 e. The van der Waals surface area contributed by atoms with Crippen LogP contribution in [0.3, 0.4) is 0 Å². The van der Waals surface area contributed by atoms with E-state index in [1.54, 1.807) is 0 Å². The van der Waals surface area contributed by atoms with Gasteiger partial charge in [0.05, 0.1) is 13.2 Å². The summed E-state index contributed by atoms with van der Waals surface area (Å²) in [7, 11) is 0. The lowest BCUT2D eigenvalue weighted by molar-refractivity contribution is 0.152. The molecule has 0 aliphatic rings. The molecule has 1 aromatic rings. The summed E-state index contributed by atoms with van der Waals surface area (Å²) in [6, 6.07) is 5.92. The first-order valence-electron chi connectivity index (χ1n) is 6.59. The van der Waals surface area contributed by atoms with Gasteiger partial charge in [-0.25, -0.2) is 8.78 Å². The van der Waals surface area contributed by atoms with Crippen LogP contribution in [0.15, 0.2) is 22.7 Å². The molecule has 0 spiro atoms. The maximum absolute atomic E-state index is 12.7. The van der Waals surface area contributed by atoms with E-state index >= 15 is 0 Å². The summed E-state index contributed by atoms with van der Waals surface area (Å²) >= 11 is 3.36. The molecule has 1 rings (SSSR count). The Morgan fingerprint density at radius 2 is 2.05 bits per heavy atom. The molecule has 2 N–H and O–H groups in total. The van der Waals surface area contributed by atoms with Crippen molar-refractivity contribution in [1.29, 1.82) is 0 Å². The molecule has 0 saturated carbocycles. The second-order valence-corrected chi connectivity index (χ2v) is 5.79. The van der Waals surface area contributed by atoms with Gasteiger partial charge in [-0.2, -0.15) is 0 Å². The summed E-state index contributed by atoms with van der Waals surface area (Å²) in [4.78, 5) is 1.52. The van der Waals surface area contributed by atoms with E-state index in [1.807, 2.05) is 32.0 Å². The van der Waals surface area contributed by atoms with Crippen LogP contribution in [0, 0.1) is 0 Å². The summed E-state index contributed by atoms with van der Waals surface area (Å²) in [6.45, 7) is 4.31. The minimum absolute atomic E-state index is 0.156. The third-order valence-electron chi connectivity index (χ3n) is 2.82. The van der Waals surface area contributed by atoms with Crippen molar-refractivity contribution in [2.45, 2.75) is 32.9 Å². The maximum Gasteiger partial charge on any atom is 0.255 e. The molecule has 0 aromatic heterocycles. The van der Waals surface area contributed by atoms with E-state index in [9.17, 15) is 8.78 Å². The molecule has 0 aliphatic heterocycles. The number of anilines is 1. The van der Waals surface area contributed by atoms with Crippen molar-refractivity contribution in [3.63, 3.8) is 0 Å². The predicted octanol–water partition coefficient (Wildman–Crippen LogP) is 3.01. The molecule has 0 heterocycles. The Kier molecular flexibility index (Phi) is 7.40. The van der Waals surface area contributed by atoms with E-state index < -0.39 is 6.43 Å². The van der Waals surface area contributed by atoms with Crippen LogP contribution in [0.4, 0.5) is 14.5 Å². The zero-order chi connectivity index (χ0) is 15.1. The Labute approximate surface area is 127 Å². The van der Waals surface area contributed by atoms with Gasteiger partial charge in [-0.1, -0.05) is 35.8 Å². The smallest absolute Gasteiger partial charge is 0.255 e. The van der Waals surface area contributed by atoms with Crippen LogP contribution >= 0.6 is 15.9 Å². The number of benzene rings is 1.